The number of piperazine rings is 1. The third-order valence-electron chi connectivity index (χ3n) is 3.72. The minimum Gasteiger partial charge on any atom is -0.339 e. The Labute approximate surface area is 106 Å². The topological polar surface area (TPSA) is 23.6 Å². The lowest BCUT2D eigenvalue weighted by Gasteiger charge is -2.38. The van der Waals surface area contributed by atoms with Gasteiger partial charge in [-0.05, 0) is 25.3 Å². The highest BCUT2D eigenvalue weighted by Gasteiger charge is 2.34. The van der Waals surface area contributed by atoms with Gasteiger partial charge in [-0.3, -0.25) is 9.69 Å². The van der Waals surface area contributed by atoms with Crippen molar-refractivity contribution in [2.24, 2.45) is 5.92 Å². The van der Waals surface area contributed by atoms with E-state index >= 15 is 0 Å². The Balaban J connectivity index is 1.93. The third kappa shape index (κ3) is 2.43. The summed E-state index contributed by atoms with van der Waals surface area (Å²) >= 11 is 3.51. The normalized spacial score (nSPS) is 28.2. The van der Waals surface area contributed by atoms with Gasteiger partial charge in [-0.2, -0.15) is 0 Å². The molecule has 0 radical (unpaired) electrons. The fourth-order valence-corrected chi connectivity index (χ4v) is 2.94. The zero-order valence-electron chi connectivity index (χ0n) is 10.2. The summed E-state index contributed by atoms with van der Waals surface area (Å²) in [5.74, 6) is 0.649. The Hall–Kier alpha value is -0.0900. The van der Waals surface area contributed by atoms with Crippen LogP contribution < -0.4 is 0 Å². The van der Waals surface area contributed by atoms with Crippen molar-refractivity contribution in [2.45, 2.75) is 37.6 Å². The van der Waals surface area contributed by atoms with E-state index in [9.17, 15) is 4.79 Å². The smallest absolute Gasteiger partial charge is 0.236 e. The van der Waals surface area contributed by atoms with Crippen LogP contribution in [0, 0.1) is 5.92 Å². The molecule has 0 N–H and O–H groups in total. The van der Waals surface area contributed by atoms with Crippen molar-refractivity contribution in [1.29, 1.82) is 0 Å². The molecule has 1 amide bonds. The highest BCUT2D eigenvalue weighted by atomic mass is 79.9. The van der Waals surface area contributed by atoms with Gasteiger partial charge in [-0.25, -0.2) is 0 Å². The molecule has 16 heavy (non-hydrogen) atoms. The van der Waals surface area contributed by atoms with E-state index in [0.29, 0.717) is 12.0 Å². The second-order valence-electron chi connectivity index (χ2n) is 5.26. The molecule has 2 aliphatic heterocycles. The first kappa shape index (κ1) is 12.4. The lowest BCUT2D eigenvalue weighted by atomic mass is 10.1. The molecule has 0 saturated carbocycles. The van der Waals surface area contributed by atoms with E-state index in [1.54, 1.807) is 0 Å². The van der Waals surface area contributed by atoms with Crippen LogP contribution in [-0.4, -0.2) is 52.8 Å². The zero-order valence-corrected chi connectivity index (χ0v) is 11.7. The fourth-order valence-electron chi connectivity index (χ4n) is 2.65. The number of alkyl halides is 1. The van der Waals surface area contributed by atoms with Gasteiger partial charge in [-0.15, -0.1) is 0 Å². The Morgan fingerprint density at radius 2 is 2.06 bits per heavy atom. The van der Waals surface area contributed by atoms with Crippen molar-refractivity contribution in [1.82, 2.24) is 9.80 Å². The molecule has 2 atom stereocenters. The first-order valence-corrected chi connectivity index (χ1v) is 7.18. The van der Waals surface area contributed by atoms with Gasteiger partial charge < -0.3 is 4.90 Å². The number of amides is 1. The summed E-state index contributed by atoms with van der Waals surface area (Å²) in [4.78, 5) is 16.8. The molecule has 3 nitrogen and oxygen atoms in total. The van der Waals surface area contributed by atoms with Crippen LogP contribution in [0.25, 0.3) is 0 Å². The van der Waals surface area contributed by atoms with Gasteiger partial charge in [0.15, 0.2) is 0 Å². The van der Waals surface area contributed by atoms with E-state index in [2.05, 4.69) is 34.7 Å². The van der Waals surface area contributed by atoms with E-state index in [4.69, 9.17) is 0 Å². The maximum absolute atomic E-state index is 12.2. The molecule has 2 fully saturated rings. The number of nitrogens with zero attached hydrogens (tertiary/aromatic N) is 2. The molecule has 2 saturated heterocycles. The Bertz CT molecular complexity index is 270. The molecule has 0 aromatic heterocycles. The first-order valence-electron chi connectivity index (χ1n) is 6.26. The maximum Gasteiger partial charge on any atom is 0.236 e. The maximum atomic E-state index is 12.2. The number of carbonyl (C=O) groups is 1. The van der Waals surface area contributed by atoms with E-state index in [1.165, 1.54) is 19.4 Å². The first-order chi connectivity index (χ1) is 7.59. The highest BCUT2D eigenvalue weighted by Crippen LogP contribution is 2.23. The van der Waals surface area contributed by atoms with Crippen molar-refractivity contribution < 1.29 is 4.79 Å². The number of halogens is 1. The summed E-state index contributed by atoms with van der Waals surface area (Å²) in [5.41, 5.74) is 0. The molecule has 4 heteroatoms. The molecule has 0 aliphatic carbocycles. The third-order valence-corrected chi connectivity index (χ3v) is 5.17. The molecular formula is C12H21BrN2O. The lowest BCUT2D eigenvalue weighted by Crippen LogP contribution is -2.54. The summed E-state index contributed by atoms with van der Waals surface area (Å²) in [6, 6.07) is 0.629. The Morgan fingerprint density at radius 3 is 2.75 bits per heavy atom. The van der Waals surface area contributed by atoms with Gasteiger partial charge >= 0.3 is 0 Å². The van der Waals surface area contributed by atoms with Crippen LogP contribution >= 0.6 is 15.9 Å². The molecule has 2 rings (SSSR count). The number of rotatable bonds is 2. The monoisotopic (exact) mass is 288 g/mol. The molecule has 92 valence electrons. The van der Waals surface area contributed by atoms with Gasteiger partial charge in [0.1, 0.15) is 0 Å². The summed E-state index contributed by atoms with van der Waals surface area (Å²) in [6.07, 6.45) is 2.56. The van der Waals surface area contributed by atoms with Crippen molar-refractivity contribution in [2.75, 3.05) is 26.2 Å². The fraction of sp³-hybridized carbons (Fsp3) is 0.917. The molecule has 2 aliphatic rings. The Kier molecular flexibility index (Phi) is 3.90. The molecule has 2 unspecified atom stereocenters. The summed E-state index contributed by atoms with van der Waals surface area (Å²) in [7, 11) is 0. The van der Waals surface area contributed by atoms with Crippen LogP contribution in [0.5, 0.6) is 0 Å². The predicted octanol–water partition coefficient (Wildman–Crippen LogP) is 1.71. The predicted molar refractivity (Wildman–Crippen MR) is 68.7 cm³/mol. The van der Waals surface area contributed by atoms with Crippen LogP contribution in [0.4, 0.5) is 0 Å². The number of hydrogen-bond donors (Lipinski definition) is 0. The van der Waals surface area contributed by atoms with Crippen molar-refractivity contribution in [3.8, 4) is 0 Å². The standard InChI is InChI=1S/C12H21BrN2O/c1-9(2)11(13)12(16)15-7-6-14-5-3-4-10(14)8-15/h9-11H,3-8H2,1-2H3. The zero-order chi connectivity index (χ0) is 11.7. The van der Waals surface area contributed by atoms with Gasteiger partial charge in [0.05, 0.1) is 4.83 Å². The van der Waals surface area contributed by atoms with Crippen molar-refractivity contribution >= 4 is 21.8 Å². The Morgan fingerprint density at radius 1 is 1.31 bits per heavy atom. The van der Waals surface area contributed by atoms with Gasteiger partial charge in [-0.1, -0.05) is 29.8 Å². The quantitative estimate of drug-likeness (QED) is 0.723. The summed E-state index contributed by atoms with van der Waals surface area (Å²) in [6.45, 7) is 8.31. The molecule has 0 spiro atoms. The van der Waals surface area contributed by atoms with Crippen LogP contribution in [0.15, 0.2) is 0 Å². The van der Waals surface area contributed by atoms with Crippen molar-refractivity contribution in [3.63, 3.8) is 0 Å². The van der Waals surface area contributed by atoms with Crippen LogP contribution in [0.2, 0.25) is 0 Å². The average molecular weight is 289 g/mol. The van der Waals surface area contributed by atoms with Gasteiger partial charge in [0, 0.05) is 25.7 Å². The average Bonchev–Trinajstić information content (AvgIpc) is 2.73. The number of hydrogen-bond acceptors (Lipinski definition) is 2. The van der Waals surface area contributed by atoms with Crippen molar-refractivity contribution in [3.05, 3.63) is 0 Å². The summed E-state index contributed by atoms with van der Waals surface area (Å²) < 4.78 is 0. The van der Waals surface area contributed by atoms with Gasteiger partial charge in [0.25, 0.3) is 0 Å². The minimum absolute atomic E-state index is 0.0135. The SMILES string of the molecule is CC(C)C(Br)C(=O)N1CCN2CCCC2C1. The number of fused-ring (bicyclic) bond motifs is 1. The van der Waals surface area contributed by atoms with E-state index in [1.807, 2.05) is 4.90 Å². The molecule has 0 aromatic rings. The highest BCUT2D eigenvalue weighted by molar-refractivity contribution is 9.10. The second kappa shape index (κ2) is 5.05. The molecule has 0 bridgehead atoms. The van der Waals surface area contributed by atoms with E-state index in [-0.39, 0.29) is 10.7 Å². The molecule has 2 heterocycles. The minimum atomic E-state index is -0.0135. The largest absolute Gasteiger partial charge is 0.339 e. The lowest BCUT2D eigenvalue weighted by molar-refractivity contribution is -0.133. The second-order valence-corrected chi connectivity index (χ2v) is 6.25. The van der Waals surface area contributed by atoms with Gasteiger partial charge in [0.2, 0.25) is 5.91 Å². The van der Waals surface area contributed by atoms with Crippen LogP contribution in [0.3, 0.4) is 0 Å². The summed E-state index contributed by atoms with van der Waals surface area (Å²) in [5, 5.41) is 0. The van der Waals surface area contributed by atoms with E-state index < -0.39 is 0 Å². The molecular weight excluding hydrogens is 268 g/mol. The molecule has 0 aromatic carbocycles. The van der Waals surface area contributed by atoms with Crippen LogP contribution in [0.1, 0.15) is 26.7 Å². The van der Waals surface area contributed by atoms with Crippen LogP contribution in [-0.2, 0) is 4.79 Å². The number of carbonyl (C=O) groups excluding carboxylic acids is 1. The van der Waals surface area contributed by atoms with E-state index in [0.717, 1.165) is 19.6 Å².